The Balaban J connectivity index is 3.97. The summed E-state index contributed by atoms with van der Waals surface area (Å²) in [5, 5.41) is 3.20. The molecule has 0 radical (unpaired) electrons. The van der Waals surface area contributed by atoms with Gasteiger partial charge in [0.1, 0.15) is 0 Å². The molecule has 0 bridgehead atoms. The first-order valence-corrected chi connectivity index (χ1v) is 8.37. The van der Waals surface area contributed by atoms with E-state index < -0.39 is 10.0 Å². The van der Waals surface area contributed by atoms with E-state index in [-0.39, 0.29) is 5.75 Å². The fourth-order valence-electron chi connectivity index (χ4n) is 1.67. The van der Waals surface area contributed by atoms with Gasteiger partial charge in [-0.15, -0.1) is 0 Å². The van der Waals surface area contributed by atoms with Crippen LogP contribution in [0.4, 0.5) is 0 Å². The van der Waals surface area contributed by atoms with Crippen molar-refractivity contribution >= 4 is 10.0 Å². The molecule has 0 aliphatic heterocycles. The Kier molecular flexibility index (Phi) is 9.78. The van der Waals surface area contributed by atoms with Crippen LogP contribution in [0, 0.1) is 0 Å². The number of rotatable bonds is 11. The van der Waals surface area contributed by atoms with Crippen LogP contribution in [0.25, 0.3) is 0 Å². The van der Waals surface area contributed by atoms with Crippen LogP contribution in [-0.2, 0) is 10.0 Å². The maximum Gasteiger partial charge on any atom is 0.214 e. The highest BCUT2D eigenvalue weighted by Gasteiger charge is 2.18. The van der Waals surface area contributed by atoms with Crippen molar-refractivity contribution in [2.75, 3.05) is 31.9 Å². The summed E-state index contributed by atoms with van der Waals surface area (Å²) < 4.78 is 25.6. The second-order valence-corrected chi connectivity index (χ2v) is 6.31. The van der Waals surface area contributed by atoms with Crippen LogP contribution in [-0.4, -0.2) is 44.7 Å². The molecule has 0 aromatic heterocycles. The smallest absolute Gasteiger partial charge is 0.214 e. The van der Waals surface area contributed by atoms with Gasteiger partial charge in [0.15, 0.2) is 0 Å². The zero-order chi connectivity index (χ0) is 13.1. The topological polar surface area (TPSA) is 49.4 Å². The molecule has 0 heterocycles. The third-order valence-electron chi connectivity index (χ3n) is 2.76. The van der Waals surface area contributed by atoms with Crippen LogP contribution in [0.1, 0.15) is 46.5 Å². The number of unbranched alkanes of at least 4 members (excludes halogenated alkanes) is 2. The highest BCUT2D eigenvalue weighted by atomic mass is 32.2. The average molecular weight is 264 g/mol. The van der Waals surface area contributed by atoms with E-state index in [4.69, 9.17) is 0 Å². The van der Waals surface area contributed by atoms with Crippen LogP contribution >= 0.6 is 0 Å². The van der Waals surface area contributed by atoms with Gasteiger partial charge < -0.3 is 5.32 Å². The van der Waals surface area contributed by atoms with Crippen LogP contribution < -0.4 is 5.32 Å². The summed E-state index contributed by atoms with van der Waals surface area (Å²) in [7, 11) is -3.03. The molecule has 104 valence electrons. The van der Waals surface area contributed by atoms with E-state index >= 15 is 0 Å². The second-order valence-electron chi connectivity index (χ2n) is 4.22. The van der Waals surface area contributed by atoms with Crippen molar-refractivity contribution in [3.63, 3.8) is 0 Å². The first-order chi connectivity index (χ1) is 8.08. The summed E-state index contributed by atoms with van der Waals surface area (Å²) >= 11 is 0. The Hall–Kier alpha value is -0.130. The maximum absolute atomic E-state index is 12.0. The molecule has 1 N–H and O–H groups in total. The molecule has 0 fully saturated rings. The Morgan fingerprint density at radius 2 is 1.76 bits per heavy atom. The molecule has 0 aliphatic carbocycles. The largest absolute Gasteiger partial charge is 0.317 e. The molecule has 0 aliphatic rings. The molecule has 0 aromatic carbocycles. The minimum absolute atomic E-state index is 0.288. The van der Waals surface area contributed by atoms with Gasteiger partial charge >= 0.3 is 0 Å². The van der Waals surface area contributed by atoms with Gasteiger partial charge in [-0.25, -0.2) is 12.7 Å². The highest BCUT2D eigenvalue weighted by molar-refractivity contribution is 7.89. The molecule has 0 aromatic rings. The third-order valence-corrected chi connectivity index (χ3v) is 4.80. The summed E-state index contributed by atoms with van der Waals surface area (Å²) in [5.41, 5.74) is 0. The summed E-state index contributed by atoms with van der Waals surface area (Å²) in [5.74, 6) is 0.288. The summed E-state index contributed by atoms with van der Waals surface area (Å²) in [6.07, 6.45) is 3.66. The zero-order valence-corrected chi connectivity index (χ0v) is 12.4. The van der Waals surface area contributed by atoms with Crippen LogP contribution in [0.15, 0.2) is 0 Å². The number of nitrogens with one attached hydrogen (secondary N) is 1. The number of hydrogen-bond acceptors (Lipinski definition) is 3. The quantitative estimate of drug-likeness (QED) is 0.579. The number of sulfonamides is 1. The molecular formula is C12H28N2O2S. The van der Waals surface area contributed by atoms with E-state index in [9.17, 15) is 8.42 Å². The van der Waals surface area contributed by atoms with Gasteiger partial charge in [0.05, 0.1) is 5.75 Å². The van der Waals surface area contributed by atoms with Gasteiger partial charge in [0.2, 0.25) is 10.0 Å². The monoisotopic (exact) mass is 264 g/mol. The van der Waals surface area contributed by atoms with Gasteiger partial charge in [0.25, 0.3) is 0 Å². The molecule has 0 amide bonds. The van der Waals surface area contributed by atoms with Crippen molar-refractivity contribution in [3.8, 4) is 0 Å². The lowest BCUT2D eigenvalue weighted by molar-refractivity contribution is 0.417. The molecule has 0 spiro atoms. The van der Waals surface area contributed by atoms with Crippen molar-refractivity contribution in [2.45, 2.75) is 46.5 Å². The van der Waals surface area contributed by atoms with Crippen LogP contribution in [0.3, 0.4) is 0 Å². The Labute approximate surface area is 107 Å². The van der Waals surface area contributed by atoms with Gasteiger partial charge in [-0.3, -0.25) is 0 Å². The van der Waals surface area contributed by atoms with Crippen molar-refractivity contribution in [1.82, 2.24) is 9.62 Å². The van der Waals surface area contributed by atoms with Crippen LogP contribution in [0.5, 0.6) is 0 Å². The Morgan fingerprint density at radius 3 is 2.29 bits per heavy atom. The molecule has 0 rings (SSSR count). The zero-order valence-electron chi connectivity index (χ0n) is 11.5. The summed E-state index contributed by atoms with van der Waals surface area (Å²) in [4.78, 5) is 0. The van der Waals surface area contributed by atoms with Crippen molar-refractivity contribution in [2.24, 2.45) is 0 Å². The lowest BCUT2D eigenvalue weighted by Gasteiger charge is -2.20. The summed E-state index contributed by atoms with van der Waals surface area (Å²) in [6.45, 7) is 9.17. The number of nitrogens with zero attached hydrogens (tertiary/aromatic N) is 1. The first-order valence-electron chi connectivity index (χ1n) is 6.77. The van der Waals surface area contributed by atoms with Gasteiger partial charge in [-0.05, 0) is 32.4 Å². The molecule has 0 saturated heterocycles. The highest BCUT2D eigenvalue weighted by Crippen LogP contribution is 2.06. The van der Waals surface area contributed by atoms with E-state index in [0.717, 1.165) is 38.8 Å². The lowest BCUT2D eigenvalue weighted by atomic mass is 10.3. The normalized spacial score (nSPS) is 12.2. The lowest BCUT2D eigenvalue weighted by Crippen LogP contribution is -2.34. The Bertz CT molecular complexity index is 266. The van der Waals surface area contributed by atoms with E-state index in [1.807, 2.05) is 6.92 Å². The second kappa shape index (κ2) is 9.85. The molecule has 17 heavy (non-hydrogen) atoms. The minimum atomic E-state index is -3.03. The number of hydrogen-bond donors (Lipinski definition) is 1. The minimum Gasteiger partial charge on any atom is -0.317 e. The van der Waals surface area contributed by atoms with Gasteiger partial charge in [0, 0.05) is 13.1 Å². The molecule has 0 saturated carbocycles. The molecular weight excluding hydrogens is 236 g/mol. The Morgan fingerprint density at radius 1 is 1.06 bits per heavy atom. The first kappa shape index (κ1) is 16.9. The molecule has 5 heteroatoms. The average Bonchev–Trinajstić information content (AvgIpc) is 2.29. The van der Waals surface area contributed by atoms with Crippen molar-refractivity contribution in [3.05, 3.63) is 0 Å². The predicted octanol–water partition coefficient (Wildman–Crippen LogP) is 1.83. The van der Waals surface area contributed by atoms with Gasteiger partial charge in [-0.2, -0.15) is 0 Å². The summed E-state index contributed by atoms with van der Waals surface area (Å²) in [6, 6.07) is 0. The predicted molar refractivity (Wildman–Crippen MR) is 73.7 cm³/mol. The fourth-order valence-corrected chi connectivity index (χ4v) is 3.30. The van der Waals surface area contributed by atoms with Crippen LogP contribution in [0.2, 0.25) is 0 Å². The van der Waals surface area contributed by atoms with Crippen molar-refractivity contribution in [1.29, 1.82) is 0 Å². The van der Waals surface area contributed by atoms with Gasteiger partial charge in [-0.1, -0.05) is 27.2 Å². The SMILES string of the molecule is CCCCN(CC)S(=O)(=O)CCCCNCC. The fraction of sp³-hybridized carbons (Fsp3) is 1.00. The van der Waals surface area contributed by atoms with E-state index in [0.29, 0.717) is 13.1 Å². The third kappa shape index (κ3) is 7.73. The van der Waals surface area contributed by atoms with E-state index in [1.54, 1.807) is 4.31 Å². The van der Waals surface area contributed by atoms with Crippen molar-refractivity contribution < 1.29 is 8.42 Å². The molecule has 0 atom stereocenters. The molecule has 4 nitrogen and oxygen atoms in total. The van der Waals surface area contributed by atoms with E-state index in [2.05, 4.69) is 19.2 Å². The standard InChI is InChI=1S/C12H28N2O2S/c1-4-7-11-14(6-3)17(15,16)12-9-8-10-13-5-2/h13H,4-12H2,1-3H3. The van der Waals surface area contributed by atoms with E-state index in [1.165, 1.54) is 0 Å². The maximum atomic E-state index is 12.0. The molecule has 0 unspecified atom stereocenters.